The summed E-state index contributed by atoms with van der Waals surface area (Å²) in [4.78, 5) is 24.4. The van der Waals surface area contributed by atoms with Crippen LogP contribution in [-0.4, -0.2) is 28.9 Å². The third-order valence-electron chi connectivity index (χ3n) is 3.87. The van der Waals surface area contributed by atoms with E-state index in [1.54, 1.807) is 38.3 Å². The molecule has 1 atom stereocenters. The van der Waals surface area contributed by atoms with Crippen molar-refractivity contribution in [3.05, 3.63) is 76.8 Å². The summed E-state index contributed by atoms with van der Waals surface area (Å²) in [6.45, 7) is 1.56. The standard InChI is InChI=1S/C20H18FN3O4/c1-13(20(26)22-15-5-9-17(27-2)10-6-15)28-18-11-12-19(25)24(23-18)16-7-3-14(21)4-8-16/h3-13H,1-2H3,(H,22,26)/t13-/m0/s1. The summed E-state index contributed by atoms with van der Waals surface area (Å²) in [6, 6.07) is 14.8. The number of halogens is 1. The van der Waals surface area contributed by atoms with Crippen LogP contribution < -0.4 is 20.3 Å². The molecule has 0 aliphatic heterocycles. The van der Waals surface area contributed by atoms with Crippen LogP contribution in [-0.2, 0) is 4.79 Å². The number of ether oxygens (including phenoxy) is 2. The Bertz CT molecular complexity index is 1020. The van der Waals surface area contributed by atoms with Crippen LogP contribution in [0.25, 0.3) is 5.69 Å². The number of hydrogen-bond acceptors (Lipinski definition) is 5. The third kappa shape index (κ3) is 4.53. The molecule has 0 bridgehead atoms. The lowest BCUT2D eigenvalue weighted by Gasteiger charge is -2.15. The number of rotatable bonds is 6. The van der Waals surface area contributed by atoms with E-state index in [1.165, 1.54) is 36.4 Å². The fourth-order valence-electron chi connectivity index (χ4n) is 2.38. The summed E-state index contributed by atoms with van der Waals surface area (Å²) < 4.78 is 24.8. The number of aromatic nitrogens is 2. The molecular formula is C20H18FN3O4. The monoisotopic (exact) mass is 383 g/mol. The second-order valence-corrected chi connectivity index (χ2v) is 5.88. The van der Waals surface area contributed by atoms with Gasteiger partial charge in [0, 0.05) is 17.8 Å². The molecule has 0 spiro atoms. The van der Waals surface area contributed by atoms with Crippen molar-refractivity contribution in [2.24, 2.45) is 0 Å². The molecule has 0 radical (unpaired) electrons. The van der Waals surface area contributed by atoms with Crippen molar-refractivity contribution in [2.45, 2.75) is 13.0 Å². The molecule has 2 aromatic carbocycles. The van der Waals surface area contributed by atoms with Gasteiger partial charge in [-0.15, -0.1) is 5.10 Å². The average molecular weight is 383 g/mol. The Kier molecular flexibility index (Phi) is 5.69. The third-order valence-corrected chi connectivity index (χ3v) is 3.87. The van der Waals surface area contributed by atoms with Crippen molar-refractivity contribution in [3.8, 4) is 17.3 Å². The largest absolute Gasteiger partial charge is 0.497 e. The van der Waals surface area contributed by atoms with Gasteiger partial charge < -0.3 is 14.8 Å². The van der Waals surface area contributed by atoms with Crippen LogP contribution in [0.4, 0.5) is 10.1 Å². The fraction of sp³-hybridized carbons (Fsp3) is 0.150. The van der Waals surface area contributed by atoms with E-state index in [9.17, 15) is 14.0 Å². The van der Waals surface area contributed by atoms with Crippen LogP contribution in [0, 0.1) is 5.82 Å². The minimum atomic E-state index is -0.867. The highest BCUT2D eigenvalue weighted by Gasteiger charge is 2.16. The van der Waals surface area contributed by atoms with Crippen molar-refractivity contribution in [3.63, 3.8) is 0 Å². The first-order chi connectivity index (χ1) is 13.5. The smallest absolute Gasteiger partial charge is 0.271 e. The Balaban J connectivity index is 1.71. The molecule has 144 valence electrons. The molecule has 3 rings (SSSR count). The van der Waals surface area contributed by atoms with Crippen molar-refractivity contribution in [1.29, 1.82) is 0 Å². The summed E-state index contributed by atoms with van der Waals surface area (Å²) in [5.41, 5.74) is 0.562. The number of methoxy groups -OCH3 is 1. The van der Waals surface area contributed by atoms with Crippen molar-refractivity contribution < 1.29 is 18.7 Å². The molecule has 1 aromatic heterocycles. The molecular weight excluding hydrogens is 365 g/mol. The second-order valence-electron chi connectivity index (χ2n) is 5.88. The fourth-order valence-corrected chi connectivity index (χ4v) is 2.38. The molecule has 0 aliphatic carbocycles. The first kappa shape index (κ1) is 19.1. The van der Waals surface area contributed by atoms with Gasteiger partial charge >= 0.3 is 0 Å². The quantitative estimate of drug-likeness (QED) is 0.708. The minimum Gasteiger partial charge on any atom is -0.497 e. The van der Waals surface area contributed by atoms with E-state index in [1.807, 2.05) is 0 Å². The zero-order valence-corrected chi connectivity index (χ0v) is 15.3. The zero-order valence-electron chi connectivity index (χ0n) is 15.3. The number of benzene rings is 2. The van der Waals surface area contributed by atoms with Crippen molar-refractivity contribution in [2.75, 3.05) is 12.4 Å². The van der Waals surface area contributed by atoms with Crippen molar-refractivity contribution >= 4 is 11.6 Å². The van der Waals surface area contributed by atoms with Gasteiger partial charge in [0.1, 0.15) is 11.6 Å². The first-order valence-corrected chi connectivity index (χ1v) is 8.44. The number of nitrogens with one attached hydrogen (secondary N) is 1. The predicted molar refractivity (Wildman–Crippen MR) is 102 cm³/mol. The average Bonchev–Trinajstić information content (AvgIpc) is 2.70. The molecule has 0 aliphatic rings. The number of nitrogens with zero attached hydrogens (tertiary/aromatic N) is 2. The Labute approximate surface area is 160 Å². The Morgan fingerprint density at radius 3 is 2.39 bits per heavy atom. The summed E-state index contributed by atoms with van der Waals surface area (Å²) in [6.07, 6.45) is -0.867. The normalized spacial score (nSPS) is 11.5. The molecule has 7 nitrogen and oxygen atoms in total. The molecule has 0 unspecified atom stereocenters. The van der Waals surface area contributed by atoms with Crippen molar-refractivity contribution in [1.82, 2.24) is 9.78 Å². The molecule has 0 saturated heterocycles. The van der Waals surface area contributed by atoms with Crippen LogP contribution in [0.2, 0.25) is 0 Å². The highest BCUT2D eigenvalue weighted by atomic mass is 19.1. The first-order valence-electron chi connectivity index (χ1n) is 8.44. The van der Waals surface area contributed by atoms with Gasteiger partial charge in [-0.25, -0.2) is 4.39 Å². The van der Waals surface area contributed by atoms with Crippen LogP contribution in [0.5, 0.6) is 11.6 Å². The number of anilines is 1. The van der Waals surface area contributed by atoms with Crippen LogP contribution in [0.1, 0.15) is 6.92 Å². The van der Waals surface area contributed by atoms with Gasteiger partial charge in [0.25, 0.3) is 11.5 Å². The topological polar surface area (TPSA) is 82.5 Å². The van der Waals surface area contributed by atoms with Crippen LogP contribution >= 0.6 is 0 Å². The van der Waals surface area contributed by atoms with Crippen LogP contribution in [0.3, 0.4) is 0 Å². The summed E-state index contributed by atoms with van der Waals surface area (Å²) in [5, 5.41) is 6.81. The van der Waals surface area contributed by atoms with Gasteiger partial charge in [0.2, 0.25) is 5.88 Å². The molecule has 3 aromatic rings. The van der Waals surface area contributed by atoms with E-state index in [0.717, 1.165) is 4.68 Å². The summed E-state index contributed by atoms with van der Waals surface area (Å²) in [7, 11) is 1.56. The maximum Gasteiger partial charge on any atom is 0.271 e. The SMILES string of the molecule is COc1ccc(NC(=O)[C@H](C)Oc2ccc(=O)n(-c3ccc(F)cc3)n2)cc1. The number of hydrogen-bond donors (Lipinski definition) is 1. The molecule has 1 amide bonds. The highest BCUT2D eigenvalue weighted by molar-refractivity contribution is 5.94. The maximum atomic E-state index is 13.1. The van der Waals surface area contributed by atoms with E-state index in [-0.39, 0.29) is 11.8 Å². The maximum absolute atomic E-state index is 13.1. The van der Waals surface area contributed by atoms with E-state index in [2.05, 4.69) is 10.4 Å². The predicted octanol–water partition coefficient (Wildman–Crippen LogP) is 2.79. The zero-order chi connectivity index (χ0) is 20.1. The lowest BCUT2D eigenvalue weighted by atomic mass is 10.3. The van der Waals surface area contributed by atoms with Gasteiger partial charge in [-0.05, 0) is 55.5 Å². The lowest BCUT2D eigenvalue weighted by molar-refractivity contribution is -0.122. The number of amides is 1. The van der Waals surface area contributed by atoms with E-state index < -0.39 is 17.5 Å². The van der Waals surface area contributed by atoms with Gasteiger partial charge in [0.05, 0.1) is 12.8 Å². The highest BCUT2D eigenvalue weighted by Crippen LogP contribution is 2.16. The Hall–Kier alpha value is -3.68. The molecule has 1 N–H and O–H groups in total. The lowest BCUT2D eigenvalue weighted by Crippen LogP contribution is -2.31. The van der Waals surface area contributed by atoms with Gasteiger partial charge in [0.15, 0.2) is 6.10 Å². The molecule has 8 heteroatoms. The van der Waals surface area contributed by atoms with Crippen LogP contribution in [0.15, 0.2) is 65.5 Å². The van der Waals surface area contributed by atoms with E-state index in [0.29, 0.717) is 17.1 Å². The second kappa shape index (κ2) is 8.34. The van der Waals surface area contributed by atoms with E-state index in [4.69, 9.17) is 9.47 Å². The molecule has 1 heterocycles. The summed E-state index contributed by atoms with van der Waals surface area (Å²) >= 11 is 0. The number of carbonyl (C=O) groups excluding carboxylic acids is 1. The Morgan fingerprint density at radius 2 is 1.75 bits per heavy atom. The van der Waals surface area contributed by atoms with Gasteiger partial charge in [-0.1, -0.05) is 0 Å². The Morgan fingerprint density at radius 1 is 1.07 bits per heavy atom. The minimum absolute atomic E-state index is 0.0845. The van der Waals surface area contributed by atoms with Gasteiger partial charge in [-0.3, -0.25) is 9.59 Å². The molecule has 0 fully saturated rings. The van der Waals surface area contributed by atoms with Gasteiger partial charge in [-0.2, -0.15) is 4.68 Å². The number of carbonyl (C=O) groups is 1. The van der Waals surface area contributed by atoms with E-state index >= 15 is 0 Å². The molecule has 28 heavy (non-hydrogen) atoms. The summed E-state index contributed by atoms with van der Waals surface area (Å²) in [5.74, 6) is -0.0459. The molecule has 0 saturated carbocycles.